The van der Waals surface area contributed by atoms with Crippen LogP contribution in [0.2, 0.25) is 0 Å². The minimum atomic E-state index is -1.63. The summed E-state index contributed by atoms with van der Waals surface area (Å²) in [6.45, 7) is 14.8. The lowest BCUT2D eigenvalue weighted by Gasteiger charge is -2.30. The zero-order chi connectivity index (χ0) is 51.6. The van der Waals surface area contributed by atoms with Crippen molar-refractivity contribution in [2.75, 3.05) is 54.4 Å². The molecule has 416 valence electrons. The fraction of sp³-hybridized carbons (Fsp3) is 0.968. The Morgan fingerprint density at radius 1 is 0.232 bits per heavy atom. The monoisotopic (exact) mass is 979 g/mol. The second-order valence-electron chi connectivity index (χ2n) is 23.2. The van der Waals surface area contributed by atoms with Crippen LogP contribution >= 0.6 is 0 Å². The third-order valence-electron chi connectivity index (χ3n) is 14.8. The van der Waals surface area contributed by atoms with Gasteiger partial charge in [0.2, 0.25) is 0 Å². The lowest BCUT2D eigenvalue weighted by Crippen LogP contribution is -2.41. The van der Waals surface area contributed by atoms with Gasteiger partial charge in [-0.2, -0.15) is 0 Å². The highest BCUT2D eigenvalue weighted by atomic mass is 16.4. The molecule has 0 saturated heterocycles. The van der Waals surface area contributed by atoms with Gasteiger partial charge in [0.05, 0.1) is 54.4 Å². The topological polar surface area (TPSA) is 80.3 Å². The largest absolute Gasteiger partial charge is 0.550 e. The van der Waals surface area contributed by atoms with E-state index >= 15 is 0 Å². The standard InChI is InChI=1S/2C30H64N.C3H4O4/c2*1-5-7-9-11-13-15-17-19-21-23-25-27-29-31(3,4)30-28-26-24-22-20-18-16-14-12-10-8-6-2;4-2(5)1-3(6)7/h2*5-30H2,1-4H3;1H2,(H,4,5)(H,6,7)/q2*+1;/p-2. The quantitative estimate of drug-likeness (QED) is 0.0345. The molecular weight excluding hydrogens is 849 g/mol. The Labute approximate surface area is 435 Å². The van der Waals surface area contributed by atoms with E-state index in [1.807, 2.05) is 0 Å². The van der Waals surface area contributed by atoms with Crippen LogP contribution in [0.1, 0.15) is 342 Å². The van der Waals surface area contributed by atoms with Crippen LogP contribution in [-0.4, -0.2) is 75.3 Å². The Morgan fingerprint density at radius 2 is 0.348 bits per heavy atom. The van der Waals surface area contributed by atoms with Gasteiger partial charge >= 0.3 is 0 Å². The number of hydrogen-bond acceptors (Lipinski definition) is 4. The zero-order valence-electron chi connectivity index (χ0n) is 49.0. The molecule has 0 unspecified atom stereocenters. The molecule has 6 nitrogen and oxygen atoms in total. The highest BCUT2D eigenvalue weighted by molar-refractivity contribution is 5.86. The molecule has 0 saturated carbocycles. The van der Waals surface area contributed by atoms with Gasteiger partial charge in [-0.3, -0.25) is 0 Å². The van der Waals surface area contributed by atoms with Gasteiger partial charge in [-0.1, -0.05) is 285 Å². The van der Waals surface area contributed by atoms with Crippen molar-refractivity contribution in [1.82, 2.24) is 0 Å². The molecule has 0 spiro atoms. The maximum absolute atomic E-state index is 9.28. The van der Waals surface area contributed by atoms with Gasteiger partial charge in [-0.15, -0.1) is 0 Å². The summed E-state index contributed by atoms with van der Waals surface area (Å²) in [5, 5.41) is 18.6. The highest BCUT2D eigenvalue weighted by Gasteiger charge is 2.14. The van der Waals surface area contributed by atoms with Gasteiger partial charge in [0.25, 0.3) is 0 Å². The maximum Gasteiger partial charge on any atom is 0.0782 e. The van der Waals surface area contributed by atoms with E-state index in [4.69, 9.17) is 0 Å². The summed E-state index contributed by atoms with van der Waals surface area (Å²) >= 11 is 0. The fourth-order valence-electron chi connectivity index (χ4n) is 9.86. The lowest BCUT2D eigenvalue weighted by atomic mass is 10.0. The number of nitrogens with zero attached hydrogens (tertiary/aromatic N) is 2. The summed E-state index contributed by atoms with van der Waals surface area (Å²) < 4.78 is 2.49. The number of hydrogen-bond donors (Lipinski definition) is 0. The van der Waals surface area contributed by atoms with E-state index in [-0.39, 0.29) is 0 Å². The van der Waals surface area contributed by atoms with Crippen LogP contribution in [0.3, 0.4) is 0 Å². The number of carboxylic acids is 2. The fourth-order valence-corrected chi connectivity index (χ4v) is 9.86. The summed E-state index contributed by atoms with van der Waals surface area (Å²) in [6, 6.07) is 0. The van der Waals surface area contributed by atoms with Crippen molar-refractivity contribution in [3.05, 3.63) is 0 Å². The number of carbonyl (C=O) groups excluding carboxylic acids is 2. The molecule has 0 aliphatic heterocycles. The normalized spacial score (nSPS) is 11.6. The van der Waals surface area contributed by atoms with Crippen LogP contribution in [-0.2, 0) is 9.59 Å². The van der Waals surface area contributed by atoms with Gasteiger partial charge < -0.3 is 28.8 Å². The molecule has 0 amide bonds. The van der Waals surface area contributed by atoms with E-state index in [9.17, 15) is 19.8 Å². The van der Waals surface area contributed by atoms with Crippen LogP contribution in [0.5, 0.6) is 0 Å². The van der Waals surface area contributed by atoms with E-state index < -0.39 is 18.4 Å². The molecule has 0 heterocycles. The zero-order valence-corrected chi connectivity index (χ0v) is 49.0. The molecule has 0 N–H and O–H groups in total. The third-order valence-corrected chi connectivity index (χ3v) is 14.8. The summed E-state index contributed by atoms with van der Waals surface area (Å²) in [5.41, 5.74) is 0. The SMILES string of the molecule is CCCCCCCCCCCCCC[N+](C)(C)CCCCCCCCCCCCCC.CCCCCCCCCCCCCC[N+](C)(C)CCCCCCCCCCCCCC.O=C([O-])CC(=O)[O-]. The molecule has 0 aromatic heterocycles. The number of quaternary nitrogens is 2. The van der Waals surface area contributed by atoms with Gasteiger partial charge in [0, 0.05) is 18.4 Å². The Balaban J connectivity index is -0.00000111. The van der Waals surface area contributed by atoms with E-state index in [2.05, 4.69) is 55.9 Å². The number of carboxylic acid groups (broad SMARTS) is 2. The number of aliphatic carboxylic acids is 2. The predicted octanol–water partition coefficient (Wildman–Crippen LogP) is 17.8. The average molecular weight is 980 g/mol. The van der Waals surface area contributed by atoms with Crippen molar-refractivity contribution in [1.29, 1.82) is 0 Å². The first kappa shape index (κ1) is 72.1. The average Bonchev–Trinajstić information content (AvgIpc) is 3.30. The van der Waals surface area contributed by atoms with Crippen LogP contribution in [0.15, 0.2) is 0 Å². The third kappa shape index (κ3) is 71.2. The first-order valence-electron chi connectivity index (χ1n) is 31.4. The first-order valence-corrected chi connectivity index (χ1v) is 31.4. The van der Waals surface area contributed by atoms with Gasteiger partial charge in [-0.25, -0.2) is 0 Å². The predicted molar refractivity (Wildman–Crippen MR) is 303 cm³/mol. The van der Waals surface area contributed by atoms with Crippen molar-refractivity contribution in [3.63, 3.8) is 0 Å². The number of rotatable bonds is 54. The molecule has 0 fully saturated rings. The molecule has 6 heteroatoms. The summed E-state index contributed by atoms with van der Waals surface area (Å²) in [6.07, 6.45) is 68.9. The van der Waals surface area contributed by atoms with E-state index in [0.29, 0.717) is 0 Å². The van der Waals surface area contributed by atoms with Gasteiger partial charge in [0.1, 0.15) is 0 Å². The first-order chi connectivity index (χ1) is 33.4. The van der Waals surface area contributed by atoms with E-state index in [0.717, 1.165) is 0 Å². The Morgan fingerprint density at radius 3 is 0.449 bits per heavy atom. The summed E-state index contributed by atoms with van der Waals surface area (Å²) in [4.78, 5) is 18.6. The molecule has 0 aliphatic carbocycles. The van der Waals surface area contributed by atoms with Gasteiger partial charge in [-0.05, 0) is 51.4 Å². The molecule has 0 aromatic rings. The highest BCUT2D eigenvalue weighted by Crippen LogP contribution is 2.18. The van der Waals surface area contributed by atoms with Crippen molar-refractivity contribution in [3.8, 4) is 0 Å². The number of carbonyl (C=O) groups is 2. The second-order valence-corrected chi connectivity index (χ2v) is 23.2. The Bertz CT molecular complexity index is 848. The maximum atomic E-state index is 9.28. The van der Waals surface area contributed by atoms with Crippen molar-refractivity contribution in [2.45, 2.75) is 342 Å². The van der Waals surface area contributed by atoms with Crippen LogP contribution in [0.4, 0.5) is 0 Å². The smallest absolute Gasteiger partial charge is 0.0782 e. The van der Waals surface area contributed by atoms with E-state index in [1.165, 1.54) is 343 Å². The minimum absolute atomic E-state index is 1.03. The second kappa shape index (κ2) is 59.4. The van der Waals surface area contributed by atoms with Crippen molar-refractivity contribution in [2.24, 2.45) is 0 Å². The molecular formula is C63H130N2O4. The Hall–Kier alpha value is -1.14. The lowest BCUT2D eigenvalue weighted by molar-refractivity contribution is -0.890. The van der Waals surface area contributed by atoms with Crippen molar-refractivity contribution < 1.29 is 28.8 Å². The molecule has 0 aromatic carbocycles. The molecule has 0 bridgehead atoms. The molecule has 0 rings (SSSR count). The molecule has 0 aliphatic rings. The molecule has 0 radical (unpaired) electrons. The summed E-state index contributed by atoms with van der Waals surface area (Å²) in [5.74, 6) is -3.25. The minimum Gasteiger partial charge on any atom is -0.550 e. The van der Waals surface area contributed by atoms with Crippen LogP contribution in [0.25, 0.3) is 0 Å². The van der Waals surface area contributed by atoms with Crippen LogP contribution < -0.4 is 10.2 Å². The van der Waals surface area contributed by atoms with Crippen LogP contribution in [0, 0.1) is 0 Å². The van der Waals surface area contributed by atoms with Gasteiger partial charge in [0.15, 0.2) is 0 Å². The van der Waals surface area contributed by atoms with E-state index in [1.54, 1.807) is 0 Å². The van der Waals surface area contributed by atoms with Crippen molar-refractivity contribution >= 4 is 11.9 Å². The number of unbranched alkanes of at least 4 members (excludes halogenated alkanes) is 44. The summed E-state index contributed by atoms with van der Waals surface area (Å²) in [7, 11) is 9.82. The Kier molecular flexibility index (Phi) is 62.1. The molecule has 0 atom stereocenters. The molecule has 69 heavy (non-hydrogen) atoms.